The molecule has 1 aliphatic rings. The molecule has 0 aliphatic carbocycles. The molecule has 0 radical (unpaired) electrons. The number of unbranched alkanes of at least 4 members (excludes halogenated alkanes) is 1. The predicted molar refractivity (Wildman–Crippen MR) is 105 cm³/mol. The molecule has 3 nitrogen and oxygen atoms in total. The smallest absolute Gasteiger partial charge is 0.405 e. The number of fused-ring (bicyclic) bond motifs is 2. The van der Waals surface area contributed by atoms with Gasteiger partial charge in [-0.3, -0.25) is 4.79 Å². The van der Waals surface area contributed by atoms with Crippen LogP contribution in [-0.4, -0.2) is 28.5 Å². The van der Waals surface area contributed by atoms with E-state index in [0.29, 0.717) is 33.8 Å². The molecule has 0 spiro atoms. The molecule has 0 aromatic heterocycles. The zero-order valence-corrected chi connectivity index (χ0v) is 17.3. The van der Waals surface area contributed by atoms with Crippen molar-refractivity contribution >= 4 is 33.0 Å². The van der Waals surface area contributed by atoms with Crippen molar-refractivity contribution in [1.29, 1.82) is 0 Å². The Morgan fingerprint density at radius 2 is 1.57 bits per heavy atom. The second kappa shape index (κ2) is 8.47. The van der Waals surface area contributed by atoms with Gasteiger partial charge in [-0.25, -0.2) is 0 Å². The van der Waals surface area contributed by atoms with Gasteiger partial charge in [0, 0.05) is 27.6 Å². The van der Waals surface area contributed by atoms with Crippen molar-refractivity contribution in [3.63, 3.8) is 0 Å². The summed E-state index contributed by atoms with van der Waals surface area (Å²) in [5.74, 6) is -0.712. The first-order valence-electron chi connectivity index (χ1n) is 8.83. The molecular formula is C20H19BrF3NO2S. The monoisotopic (exact) mass is 473 g/mol. The summed E-state index contributed by atoms with van der Waals surface area (Å²) in [7, 11) is 0. The van der Waals surface area contributed by atoms with Crippen LogP contribution in [-0.2, 0) is 21.4 Å². The lowest BCUT2D eigenvalue weighted by Gasteiger charge is -2.39. The molecule has 0 unspecified atom stereocenters. The first kappa shape index (κ1) is 21.2. The molecule has 0 bridgehead atoms. The summed E-state index contributed by atoms with van der Waals surface area (Å²) in [6.45, 7) is -1.40. The zero-order valence-electron chi connectivity index (χ0n) is 14.9. The van der Waals surface area contributed by atoms with E-state index in [9.17, 15) is 22.5 Å². The molecule has 0 saturated heterocycles. The van der Waals surface area contributed by atoms with Crippen LogP contribution < -0.4 is 5.32 Å². The number of carbonyl (C=O) groups excluding carboxylic acids is 1. The van der Waals surface area contributed by atoms with Crippen LogP contribution in [0.25, 0.3) is 0 Å². The minimum Gasteiger partial charge on any atom is -0.606 e. The van der Waals surface area contributed by atoms with E-state index in [0.717, 1.165) is 11.8 Å². The summed E-state index contributed by atoms with van der Waals surface area (Å²) in [4.78, 5) is 14.2. The normalized spacial score (nSPS) is 21.0. The summed E-state index contributed by atoms with van der Waals surface area (Å²) in [6.07, 6.45) is -2.79. The molecule has 150 valence electrons. The number of alkyl halides is 4. The summed E-state index contributed by atoms with van der Waals surface area (Å²) in [5, 5.41) is 2.81. The van der Waals surface area contributed by atoms with Crippen molar-refractivity contribution in [2.75, 3.05) is 11.9 Å². The van der Waals surface area contributed by atoms with E-state index in [1.165, 1.54) is 0 Å². The molecule has 8 heteroatoms. The molecule has 2 aromatic carbocycles. The number of halogens is 4. The van der Waals surface area contributed by atoms with Crippen molar-refractivity contribution in [2.45, 2.75) is 40.6 Å². The number of hydrogen-bond donors (Lipinski definition) is 1. The van der Waals surface area contributed by atoms with Crippen molar-refractivity contribution in [2.24, 2.45) is 0 Å². The fourth-order valence-electron chi connectivity index (χ4n) is 3.67. The first-order valence-corrected chi connectivity index (χ1v) is 11.1. The topological polar surface area (TPSA) is 52.2 Å². The highest BCUT2D eigenvalue weighted by Crippen LogP contribution is 2.48. The maximum atomic E-state index is 13.3. The Balaban J connectivity index is 2.17. The minimum atomic E-state index is -4.51. The predicted octanol–water partition coefficient (Wildman–Crippen LogP) is 4.70. The van der Waals surface area contributed by atoms with Crippen LogP contribution in [0.3, 0.4) is 0 Å². The minimum absolute atomic E-state index is 0.327. The lowest BCUT2D eigenvalue weighted by molar-refractivity contribution is -0.141. The number of amides is 1. The second-order valence-corrected chi connectivity index (χ2v) is 8.82. The SMILES string of the molecule is O=C(NCC(F)(F)F)C1(CCCCBr)c2ccccc2[S+]([O-])c2ccccc21. The van der Waals surface area contributed by atoms with Crippen LogP contribution in [0.2, 0.25) is 0 Å². The average molecular weight is 474 g/mol. The van der Waals surface area contributed by atoms with E-state index in [-0.39, 0.29) is 0 Å². The lowest BCUT2D eigenvalue weighted by atomic mass is 9.70. The Kier molecular flexibility index (Phi) is 6.41. The summed E-state index contributed by atoms with van der Waals surface area (Å²) >= 11 is 1.87. The summed E-state index contributed by atoms with van der Waals surface area (Å²) < 4.78 is 51.5. The van der Waals surface area contributed by atoms with Crippen LogP contribution in [0.4, 0.5) is 13.2 Å². The van der Waals surface area contributed by atoms with Gasteiger partial charge in [-0.05, 0) is 25.0 Å². The summed E-state index contributed by atoms with van der Waals surface area (Å²) in [5.41, 5.74) is -0.281. The Morgan fingerprint density at radius 1 is 1.04 bits per heavy atom. The molecule has 1 N–H and O–H groups in total. The fourth-order valence-corrected chi connectivity index (χ4v) is 5.59. The molecular weight excluding hydrogens is 455 g/mol. The molecule has 1 amide bonds. The van der Waals surface area contributed by atoms with Crippen LogP contribution in [0.5, 0.6) is 0 Å². The second-order valence-electron chi connectivity index (χ2n) is 6.61. The molecule has 0 atom stereocenters. The molecule has 1 aliphatic heterocycles. The van der Waals surface area contributed by atoms with E-state index >= 15 is 0 Å². The van der Waals surface area contributed by atoms with Crippen LogP contribution >= 0.6 is 15.9 Å². The third-order valence-corrected chi connectivity index (χ3v) is 6.94. The highest BCUT2D eigenvalue weighted by atomic mass is 79.9. The Bertz CT molecular complexity index is 812. The quantitative estimate of drug-likeness (QED) is 0.375. The highest BCUT2D eigenvalue weighted by Gasteiger charge is 2.51. The van der Waals surface area contributed by atoms with Crippen molar-refractivity contribution < 1.29 is 22.5 Å². The van der Waals surface area contributed by atoms with E-state index in [1.807, 2.05) is 0 Å². The lowest BCUT2D eigenvalue weighted by Crippen LogP contribution is -2.50. The number of carbonyl (C=O) groups is 1. The fraction of sp³-hybridized carbons (Fsp3) is 0.350. The van der Waals surface area contributed by atoms with Gasteiger partial charge in [0.15, 0.2) is 9.79 Å². The standard InChI is InChI=1S/C20H19BrF3NO2S/c21-12-6-5-11-19(18(26)25-13-20(22,23)24)14-7-1-3-9-16(14)28(27)17-10-4-2-8-15(17)19/h1-4,7-10H,5-6,11-13H2,(H,25,26). The maximum absolute atomic E-state index is 13.3. The Morgan fingerprint density at radius 3 is 2.07 bits per heavy atom. The van der Waals surface area contributed by atoms with E-state index in [4.69, 9.17) is 0 Å². The van der Waals surface area contributed by atoms with Gasteiger partial charge in [-0.1, -0.05) is 58.7 Å². The van der Waals surface area contributed by atoms with Gasteiger partial charge < -0.3 is 9.87 Å². The van der Waals surface area contributed by atoms with E-state index in [1.54, 1.807) is 48.5 Å². The van der Waals surface area contributed by atoms with Crippen molar-refractivity contribution in [1.82, 2.24) is 5.32 Å². The molecule has 3 rings (SSSR count). The number of rotatable bonds is 6. The molecule has 0 saturated carbocycles. The Hall–Kier alpha value is -1.51. The molecule has 2 aromatic rings. The zero-order chi connectivity index (χ0) is 20.4. The van der Waals surface area contributed by atoms with Crippen molar-refractivity contribution in [3.05, 3.63) is 59.7 Å². The van der Waals surface area contributed by atoms with Crippen molar-refractivity contribution in [3.8, 4) is 0 Å². The summed E-state index contributed by atoms with van der Waals surface area (Å²) in [6, 6.07) is 13.6. The Labute approximate surface area is 173 Å². The largest absolute Gasteiger partial charge is 0.606 e. The van der Waals surface area contributed by atoms with Gasteiger partial charge in [0.05, 0.1) is 0 Å². The van der Waals surface area contributed by atoms with Gasteiger partial charge >= 0.3 is 6.18 Å². The number of nitrogens with one attached hydrogen (secondary N) is 1. The van der Waals surface area contributed by atoms with Crippen LogP contribution in [0, 0.1) is 0 Å². The molecule has 0 fully saturated rings. The van der Waals surface area contributed by atoms with Gasteiger partial charge in [-0.15, -0.1) is 0 Å². The van der Waals surface area contributed by atoms with Gasteiger partial charge in [-0.2, -0.15) is 13.2 Å². The molecule has 1 heterocycles. The number of hydrogen-bond acceptors (Lipinski definition) is 2. The van der Waals surface area contributed by atoms with Gasteiger partial charge in [0.25, 0.3) is 0 Å². The third-order valence-electron chi connectivity index (χ3n) is 4.87. The number of benzene rings is 2. The maximum Gasteiger partial charge on any atom is 0.405 e. The first-order chi connectivity index (χ1) is 13.3. The van der Waals surface area contributed by atoms with Gasteiger partial charge in [0.2, 0.25) is 5.91 Å². The van der Waals surface area contributed by atoms with Crippen LogP contribution in [0.1, 0.15) is 30.4 Å². The highest BCUT2D eigenvalue weighted by molar-refractivity contribution is 9.09. The average Bonchev–Trinajstić information content (AvgIpc) is 2.68. The van der Waals surface area contributed by atoms with E-state index < -0.39 is 35.2 Å². The van der Waals surface area contributed by atoms with Gasteiger partial charge in [0.1, 0.15) is 12.0 Å². The van der Waals surface area contributed by atoms with E-state index in [2.05, 4.69) is 21.2 Å². The van der Waals surface area contributed by atoms with Crippen LogP contribution in [0.15, 0.2) is 58.3 Å². The molecule has 28 heavy (non-hydrogen) atoms. The third kappa shape index (κ3) is 3.95.